The van der Waals surface area contributed by atoms with Gasteiger partial charge in [-0.05, 0) is 25.3 Å². The third-order valence-corrected chi connectivity index (χ3v) is 3.07. The predicted molar refractivity (Wildman–Crippen MR) is 39.7 cm³/mol. The molecule has 2 nitrogen and oxygen atoms in total. The molecule has 1 saturated heterocycles. The smallest absolute Gasteiger partial charge is 0.0477 e. The zero-order valence-electron chi connectivity index (χ0n) is 6.21. The van der Waals surface area contributed by atoms with Crippen molar-refractivity contribution in [2.45, 2.75) is 25.3 Å². The number of fused-ring (bicyclic) bond motifs is 2. The molecule has 1 heterocycles. The van der Waals surface area contributed by atoms with Crippen LogP contribution in [0.2, 0.25) is 0 Å². The first kappa shape index (κ1) is 6.62. The van der Waals surface area contributed by atoms with Crippen LogP contribution in [0.5, 0.6) is 0 Å². The first-order valence-electron chi connectivity index (χ1n) is 4.26. The second kappa shape index (κ2) is 2.51. The van der Waals surface area contributed by atoms with E-state index in [4.69, 9.17) is 5.11 Å². The van der Waals surface area contributed by atoms with Crippen molar-refractivity contribution >= 4 is 0 Å². The van der Waals surface area contributed by atoms with Crippen LogP contribution in [-0.2, 0) is 0 Å². The van der Waals surface area contributed by atoms with Crippen LogP contribution >= 0.6 is 0 Å². The van der Waals surface area contributed by atoms with Crippen LogP contribution in [0.4, 0.5) is 0 Å². The molecule has 1 aliphatic carbocycles. The molecule has 0 radical (unpaired) electrons. The Kier molecular flexibility index (Phi) is 1.66. The van der Waals surface area contributed by atoms with E-state index in [0.717, 1.165) is 12.5 Å². The monoisotopic (exact) mass is 141 g/mol. The Morgan fingerprint density at radius 2 is 2.30 bits per heavy atom. The van der Waals surface area contributed by atoms with Crippen LogP contribution in [-0.4, -0.2) is 24.3 Å². The number of aliphatic hydroxyl groups is 1. The minimum atomic E-state index is 0.391. The van der Waals surface area contributed by atoms with Gasteiger partial charge in [-0.15, -0.1) is 0 Å². The lowest BCUT2D eigenvalue weighted by molar-refractivity contribution is 0.154. The van der Waals surface area contributed by atoms with Gasteiger partial charge in [0.25, 0.3) is 0 Å². The van der Waals surface area contributed by atoms with Crippen molar-refractivity contribution in [2.24, 2.45) is 11.8 Å². The van der Waals surface area contributed by atoms with E-state index in [2.05, 4.69) is 5.32 Å². The number of hydrogen-bond donors (Lipinski definition) is 2. The van der Waals surface area contributed by atoms with E-state index in [1.807, 2.05) is 0 Å². The molecule has 2 heteroatoms. The summed E-state index contributed by atoms with van der Waals surface area (Å²) in [6, 6.07) is 0.642. The molecular weight excluding hydrogens is 126 g/mol. The van der Waals surface area contributed by atoms with Gasteiger partial charge in [0.15, 0.2) is 0 Å². The highest BCUT2D eigenvalue weighted by atomic mass is 16.3. The average Bonchev–Trinajstić information content (AvgIpc) is 2.19. The van der Waals surface area contributed by atoms with Crippen molar-refractivity contribution in [1.29, 1.82) is 0 Å². The lowest BCUT2D eigenvalue weighted by atomic mass is 9.80. The summed E-state index contributed by atoms with van der Waals surface area (Å²) in [5.74, 6) is 1.36. The van der Waals surface area contributed by atoms with E-state index < -0.39 is 0 Å². The summed E-state index contributed by atoms with van der Waals surface area (Å²) in [7, 11) is 0. The lowest BCUT2D eigenvalue weighted by Gasteiger charge is -2.26. The van der Waals surface area contributed by atoms with Gasteiger partial charge in [-0.2, -0.15) is 0 Å². The molecule has 0 aromatic heterocycles. The van der Waals surface area contributed by atoms with Crippen LogP contribution in [0.15, 0.2) is 0 Å². The fraction of sp³-hybridized carbons (Fsp3) is 1.00. The Labute approximate surface area is 61.6 Å². The van der Waals surface area contributed by atoms with Crippen LogP contribution in [0.25, 0.3) is 0 Å². The molecule has 2 N–H and O–H groups in total. The highest BCUT2D eigenvalue weighted by molar-refractivity contribution is 4.93. The Hall–Kier alpha value is -0.0800. The first-order chi connectivity index (χ1) is 4.92. The average molecular weight is 141 g/mol. The van der Waals surface area contributed by atoms with Crippen molar-refractivity contribution < 1.29 is 5.11 Å². The summed E-state index contributed by atoms with van der Waals surface area (Å²) in [6.45, 7) is 1.54. The van der Waals surface area contributed by atoms with Crippen molar-refractivity contribution in [3.05, 3.63) is 0 Å². The SMILES string of the molecule is OCC1C2CCCC1NC2. The van der Waals surface area contributed by atoms with Gasteiger partial charge in [0.2, 0.25) is 0 Å². The minimum absolute atomic E-state index is 0.391. The summed E-state index contributed by atoms with van der Waals surface area (Å²) in [4.78, 5) is 0. The first-order valence-corrected chi connectivity index (χ1v) is 4.26. The van der Waals surface area contributed by atoms with Crippen molar-refractivity contribution in [3.63, 3.8) is 0 Å². The van der Waals surface area contributed by atoms with Crippen molar-refractivity contribution in [3.8, 4) is 0 Å². The molecule has 0 spiro atoms. The summed E-state index contributed by atoms with van der Waals surface area (Å²) >= 11 is 0. The molecule has 0 amide bonds. The maximum atomic E-state index is 9.03. The maximum absolute atomic E-state index is 9.03. The Bertz CT molecular complexity index is 110. The van der Waals surface area contributed by atoms with E-state index in [1.54, 1.807) is 0 Å². The van der Waals surface area contributed by atoms with Crippen molar-refractivity contribution in [2.75, 3.05) is 13.2 Å². The maximum Gasteiger partial charge on any atom is 0.0477 e. The highest BCUT2D eigenvalue weighted by Crippen LogP contribution is 2.34. The second-order valence-electron chi connectivity index (χ2n) is 3.55. The fourth-order valence-electron chi connectivity index (χ4n) is 2.44. The topological polar surface area (TPSA) is 32.3 Å². The van der Waals surface area contributed by atoms with Crippen LogP contribution < -0.4 is 5.32 Å². The Balaban J connectivity index is 2.06. The van der Waals surface area contributed by atoms with Gasteiger partial charge >= 0.3 is 0 Å². The van der Waals surface area contributed by atoms with E-state index in [1.165, 1.54) is 19.3 Å². The van der Waals surface area contributed by atoms with E-state index in [9.17, 15) is 0 Å². The molecule has 0 aromatic carbocycles. The largest absolute Gasteiger partial charge is 0.396 e. The fourth-order valence-corrected chi connectivity index (χ4v) is 2.44. The lowest BCUT2D eigenvalue weighted by Crippen LogP contribution is -2.32. The molecule has 1 saturated carbocycles. The molecule has 2 rings (SSSR count). The van der Waals surface area contributed by atoms with Crippen LogP contribution in [0.3, 0.4) is 0 Å². The molecule has 3 unspecified atom stereocenters. The van der Waals surface area contributed by atoms with Crippen LogP contribution in [0, 0.1) is 11.8 Å². The van der Waals surface area contributed by atoms with Crippen molar-refractivity contribution in [1.82, 2.24) is 5.32 Å². The van der Waals surface area contributed by atoms with Crippen LogP contribution in [0.1, 0.15) is 19.3 Å². The molecule has 2 bridgehead atoms. The molecular formula is C8H15NO. The van der Waals surface area contributed by atoms with Gasteiger partial charge < -0.3 is 10.4 Å². The molecule has 10 heavy (non-hydrogen) atoms. The predicted octanol–water partition coefficient (Wildman–Crippen LogP) is 0.367. The van der Waals surface area contributed by atoms with E-state index in [-0.39, 0.29) is 0 Å². The zero-order chi connectivity index (χ0) is 6.97. The Morgan fingerprint density at radius 1 is 1.40 bits per heavy atom. The number of hydrogen-bond acceptors (Lipinski definition) is 2. The number of aliphatic hydroxyl groups excluding tert-OH is 1. The summed E-state index contributed by atoms with van der Waals surface area (Å²) in [5.41, 5.74) is 0. The van der Waals surface area contributed by atoms with Gasteiger partial charge in [-0.1, -0.05) is 6.42 Å². The molecule has 58 valence electrons. The van der Waals surface area contributed by atoms with Gasteiger partial charge in [-0.3, -0.25) is 0 Å². The summed E-state index contributed by atoms with van der Waals surface area (Å²) < 4.78 is 0. The number of nitrogens with one attached hydrogen (secondary N) is 1. The number of rotatable bonds is 1. The molecule has 2 aliphatic rings. The van der Waals surface area contributed by atoms with Gasteiger partial charge in [0.1, 0.15) is 0 Å². The summed E-state index contributed by atoms with van der Waals surface area (Å²) in [5, 5.41) is 12.5. The van der Waals surface area contributed by atoms with Gasteiger partial charge in [0, 0.05) is 18.6 Å². The molecule has 3 atom stereocenters. The quantitative estimate of drug-likeness (QED) is 0.553. The van der Waals surface area contributed by atoms with E-state index >= 15 is 0 Å². The van der Waals surface area contributed by atoms with E-state index in [0.29, 0.717) is 18.6 Å². The zero-order valence-corrected chi connectivity index (χ0v) is 6.21. The molecule has 1 aliphatic heterocycles. The van der Waals surface area contributed by atoms with Gasteiger partial charge in [-0.25, -0.2) is 0 Å². The molecule has 2 fully saturated rings. The highest BCUT2D eigenvalue weighted by Gasteiger charge is 2.37. The molecule has 0 aromatic rings. The van der Waals surface area contributed by atoms with Gasteiger partial charge in [0.05, 0.1) is 0 Å². The summed E-state index contributed by atoms with van der Waals surface area (Å²) in [6.07, 6.45) is 3.97. The third-order valence-electron chi connectivity index (χ3n) is 3.07. The Morgan fingerprint density at radius 3 is 2.90 bits per heavy atom. The normalized spacial score (nSPS) is 45.9. The minimum Gasteiger partial charge on any atom is -0.396 e. The standard InChI is InChI=1S/C8H15NO/c10-5-7-6-2-1-3-8(7)9-4-6/h6-10H,1-5H2. The second-order valence-corrected chi connectivity index (χ2v) is 3.55. The third kappa shape index (κ3) is 0.867.